The van der Waals surface area contributed by atoms with Gasteiger partial charge in [0, 0.05) is 11.9 Å². The minimum absolute atomic E-state index is 0.0920. The molecule has 1 amide bonds. The number of amides is 1. The number of aliphatic carboxylic acids is 1. The highest BCUT2D eigenvalue weighted by Crippen LogP contribution is 2.38. The van der Waals surface area contributed by atoms with Crippen LogP contribution < -0.4 is 19.5 Å². The molecule has 1 heterocycles. The number of ether oxygens (including phenoxy) is 3. The van der Waals surface area contributed by atoms with E-state index in [1.165, 1.54) is 32.7 Å². The molecule has 2 aromatic rings. The van der Waals surface area contributed by atoms with Crippen LogP contribution in [0, 0.1) is 0 Å². The van der Waals surface area contributed by atoms with Crippen molar-refractivity contribution in [2.24, 2.45) is 0 Å². The van der Waals surface area contributed by atoms with Gasteiger partial charge in [-0.25, -0.2) is 4.98 Å². The fourth-order valence-electron chi connectivity index (χ4n) is 2.30. The summed E-state index contributed by atoms with van der Waals surface area (Å²) in [4.78, 5) is 26.9. The van der Waals surface area contributed by atoms with Gasteiger partial charge < -0.3 is 24.6 Å². The van der Waals surface area contributed by atoms with Gasteiger partial charge in [0.15, 0.2) is 11.5 Å². The predicted molar refractivity (Wildman–Crippen MR) is 95.1 cm³/mol. The van der Waals surface area contributed by atoms with E-state index < -0.39 is 5.97 Å². The molecule has 0 fully saturated rings. The van der Waals surface area contributed by atoms with Crippen LogP contribution in [0.15, 0.2) is 17.5 Å². The quantitative estimate of drug-likeness (QED) is 0.681. The van der Waals surface area contributed by atoms with Crippen molar-refractivity contribution in [1.29, 1.82) is 0 Å². The number of carboxylic acid groups (broad SMARTS) is 1. The molecule has 1 aromatic heterocycles. The van der Waals surface area contributed by atoms with Gasteiger partial charge in [0.25, 0.3) is 0 Å². The Morgan fingerprint density at radius 1 is 1.12 bits per heavy atom. The van der Waals surface area contributed by atoms with E-state index in [4.69, 9.17) is 19.3 Å². The van der Waals surface area contributed by atoms with Crippen LogP contribution in [0.3, 0.4) is 0 Å². The standard InChI is InChI=1S/C17H20N2O6S/c1-23-12-4-10(5-13(24-2)17(12)25-3)8-18-14(20)7-15-19-11(9-26-15)6-16(21)22/h4-5,9H,6-8H2,1-3H3,(H,18,20)(H,21,22). The molecule has 0 saturated heterocycles. The number of thiazole rings is 1. The number of hydrogen-bond donors (Lipinski definition) is 2. The van der Waals surface area contributed by atoms with Gasteiger partial charge in [0.05, 0.1) is 39.9 Å². The molecule has 0 aliphatic heterocycles. The van der Waals surface area contributed by atoms with Gasteiger partial charge in [-0.1, -0.05) is 0 Å². The summed E-state index contributed by atoms with van der Waals surface area (Å²) in [6.45, 7) is 0.281. The number of hydrogen-bond acceptors (Lipinski definition) is 7. The van der Waals surface area contributed by atoms with E-state index in [1.807, 2.05) is 0 Å². The Labute approximate surface area is 154 Å². The molecule has 2 rings (SSSR count). The van der Waals surface area contributed by atoms with Crippen LogP contribution in [0.25, 0.3) is 0 Å². The molecule has 0 saturated carbocycles. The number of carbonyl (C=O) groups excluding carboxylic acids is 1. The minimum atomic E-state index is -0.950. The number of nitrogens with one attached hydrogen (secondary N) is 1. The Kier molecular flexibility index (Phi) is 6.79. The van der Waals surface area contributed by atoms with Gasteiger partial charge in [-0.15, -0.1) is 11.3 Å². The van der Waals surface area contributed by atoms with E-state index in [-0.39, 0.29) is 25.3 Å². The lowest BCUT2D eigenvalue weighted by Gasteiger charge is -2.14. The molecule has 9 heteroatoms. The van der Waals surface area contributed by atoms with Gasteiger partial charge in [-0.3, -0.25) is 9.59 Å². The average Bonchev–Trinajstić information content (AvgIpc) is 3.04. The van der Waals surface area contributed by atoms with E-state index in [0.717, 1.165) is 5.56 Å². The molecule has 0 atom stereocenters. The number of carboxylic acids is 1. The van der Waals surface area contributed by atoms with Gasteiger partial charge in [-0.05, 0) is 17.7 Å². The van der Waals surface area contributed by atoms with E-state index >= 15 is 0 Å². The molecule has 0 radical (unpaired) electrons. The maximum Gasteiger partial charge on any atom is 0.309 e. The number of rotatable bonds is 9. The topological polar surface area (TPSA) is 107 Å². The highest BCUT2D eigenvalue weighted by atomic mass is 32.1. The second-order valence-electron chi connectivity index (χ2n) is 5.29. The first kappa shape index (κ1) is 19.5. The molecule has 1 aromatic carbocycles. The third kappa shape index (κ3) is 5.09. The fourth-order valence-corrected chi connectivity index (χ4v) is 3.10. The maximum absolute atomic E-state index is 12.1. The van der Waals surface area contributed by atoms with Crippen LogP contribution in [0.5, 0.6) is 17.2 Å². The molecule has 0 unspecified atom stereocenters. The lowest BCUT2D eigenvalue weighted by molar-refractivity contribution is -0.136. The third-order valence-corrected chi connectivity index (χ3v) is 4.36. The number of benzene rings is 1. The van der Waals surface area contributed by atoms with Crippen molar-refractivity contribution in [3.8, 4) is 17.2 Å². The first-order valence-corrected chi connectivity index (χ1v) is 8.55. The SMILES string of the molecule is COc1cc(CNC(=O)Cc2nc(CC(=O)O)cs2)cc(OC)c1OC. The molecule has 0 spiro atoms. The summed E-state index contributed by atoms with van der Waals surface area (Å²) in [6, 6.07) is 3.52. The van der Waals surface area contributed by atoms with Crippen LogP contribution in [-0.4, -0.2) is 43.3 Å². The third-order valence-electron chi connectivity index (χ3n) is 3.46. The van der Waals surface area contributed by atoms with Crippen LogP contribution in [0.1, 0.15) is 16.3 Å². The van der Waals surface area contributed by atoms with Crippen molar-refractivity contribution in [3.05, 3.63) is 33.8 Å². The fraction of sp³-hybridized carbons (Fsp3) is 0.353. The van der Waals surface area contributed by atoms with Crippen molar-refractivity contribution in [1.82, 2.24) is 10.3 Å². The zero-order valence-corrected chi connectivity index (χ0v) is 15.5. The summed E-state index contributed by atoms with van der Waals surface area (Å²) < 4.78 is 15.8. The summed E-state index contributed by atoms with van der Waals surface area (Å²) in [5.74, 6) is 0.339. The monoisotopic (exact) mass is 380 g/mol. The van der Waals surface area contributed by atoms with Gasteiger partial charge in [-0.2, -0.15) is 0 Å². The van der Waals surface area contributed by atoms with E-state index in [2.05, 4.69) is 10.3 Å². The molecule has 0 bridgehead atoms. The Balaban J connectivity index is 1.98. The summed E-state index contributed by atoms with van der Waals surface area (Å²) >= 11 is 1.27. The van der Waals surface area contributed by atoms with Crippen molar-refractivity contribution >= 4 is 23.2 Å². The summed E-state index contributed by atoms with van der Waals surface area (Å²) in [6.07, 6.45) is -0.0573. The highest BCUT2D eigenvalue weighted by molar-refractivity contribution is 7.09. The lowest BCUT2D eigenvalue weighted by Crippen LogP contribution is -2.24. The smallest absolute Gasteiger partial charge is 0.309 e. The van der Waals surface area contributed by atoms with Crippen molar-refractivity contribution < 1.29 is 28.9 Å². The predicted octanol–water partition coefficient (Wildman–Crippen LogP) is 1.65. The Bertz CT molecular complexity index is 764. The zero-order valence-electron chi connectivity index (χ0n) is 14.7. The van der Waals surface area contributed by atoms with Gasteiger partial charge >= 0.3 is 5.97 Å². The van der Waals surface area contributed by atoms with E-state index in [0.29, 0.717) is 28.0 Å². The molecule has 8 nitrogen and oxygen atoms in total. The largest absolute Gasteiger partial charge is 0.493 e. The van der Waals surface area contributed by atoms with Crippen LogP contribution in [-0.2, 0) is 29.0 Å². The summed E-state index contributed by atoms with van der Waals surface area (Å²) in [5.41, 5.74) is 1.24. The second kappa shape index (κ2) is 9.04. The van der Waals surface area contributed by atoms with Crippen LogP contribution in [0.4, 0.5) is 0 Å². The molecule has 26 heavy (non-hydrogen) atoms. The normalized spacial score (nSPS) is 10.3. The van der Waals surface area contributed by atoms with Gasteiger partial charge in [0.2, 0.25) is 11.7 Å². The highest BCUT2D eigenvalue weighted by Gasteiger charge is 2.14. The van der Waals surface area contributed by atoms with Crippen molar-refractivity contribution in [3.63, 3.8) is 0 Å². The second-order valence-corrected chi connectivity index (χ2v) is 6.23. The van der Waals surface area contributed by atoms with Crippen molar-refractivity contribution in [2.75, 3.05) is 21.3 Å². The van der Waals surface area contributed by atoms with E-state index in [1.54, 1.807) is 17.5 Å². The van der Waals surface area contributed by atoms with Crippen LogP contribution >= 0.6 is 11.3 Å². The molecule has 0 aliphatic carbocycles. The number of methoxy groups -OCH3 is 3. The molecule has 140 valence electrons. The first-order valence-electron chi connectivity index (χ1n) is 7.67. The number of carbonyl (C=O) groups is 2. The lowest BCUT2D eigenvalue weighted by atomic mass is 10.1. The summed E-state index contributed by atoms with van der Waals surface area (Å²) in [5, 5.41) is 13.8. The zero-order chi connectivity index (χ0) is 19.1. The Hall–Kier alpha value is -2.81. The molecule has 2 N–H and O–H groups in total. The average molecular weight is 380 g/mol. The van der Waals surface area contributed by atoms with Gasteiger partial charge in [0.1, 0.15) is 5.01 Å². The summed E-state index contributed by atoms with van der Waals surface area (Å²) in [7, 11) is 4.57. The Morgan fingerprint density at radius 2 is 1.77 bits per heavy atom. The molecule has 0 aliphatic rings. The Morgan fingerprint density at radius 3 is 2.31 bits per heavy atom. The number of nitrogens with zero attached hydrogens (tertiary/aromatic N) is 1. The van der Waals surface area contributed by atoms with E-state index in [9.17, 15) is 9.59 Å². The first-order chi connectivity index (χ1) is 12.5. The maximum atomic E-state index is 12.1. The number of aromatic nitrogens is 1. The minimum Gasteiger partial charge on any atom is -0.493 e. The van der Waals surface area contributed by atoms with Crippen LogP contribution in [0.2, 0.25) is 0 Å². The molecular weight excluding hydrogens is 360 g/mol. The molecular formula is C17H20N2O6S. The van der Waals surface area contributed by atoms with Crippen molar-refractivity contribution in [2.45, 2.75) is 19.4 Å².